The number of hydrogen-bond donors (Lipinski definition) is 1. The summed E-state index contributed by atoms with van der Waals surface area (Å²) < 4.78 is 4.98. The molecule has 1 N–H and O–H groups in total. The standard InChI is InChI=1S/C11H16BrNO2S/c1-3-8-4-5-16-10(8)11(14)13-6-9(12)7-15-2/h4-5,9H,3,6-7H2,1-2H3,(H,13,14). The zero-order valence-electron chi connectivity index (χ0n) is 9.46. The number of aryl methyl sites for hydroxylation is 1. The predicted molar refractivity (Wildman–Crippen MR) is 70.6 cm³/mol. The van der Waals surface area contributed by atoms with Gasteiger partial charge in [-0.3, -0.25) is 4.79 Å². The molecule has 0 aliphatic heterocycles. The molecule has 0 aliphatic rings. The van der Waals surface area contributed by atoms with E-state index in [-0.39, 0.29) is 10.7 Å². The highest BCUT2D eigenvalue weighted by atomic mass is 79.9. The number of carbonyl (C=O) groups is 1. The maximum absolute atomic E-state index is 11.8. The summed E-state index contributed by atoms with van der Waals surface area (Å²) in [4.78, 5) is 12.8. The number of thiophene rings is 1. The lowest BCUT2D eigenvalue weighted by atomic mass is 10.2. The van der Waals surface area contributed by atoms with E-state index in [1.807, 2.05) is 11.4 Å². The molecule has 1 atom stereocenters. The molecule has 90 valence electrons. The van der Waals surface area contributed by atoms with Crippen LogP contribution in [-0.4, -0.2) is 31.0 Å². The Hall–Kier alpha value is -0.390. The minimum atomic E-state index is 0.00685. The Morgan fingerprint density at radius 2 is 2.44 bits per heavy atom. The molecule has 0 spiro atoms. The van der Waals surface area contributed by atoms with Gasteiger partial charge >= 0.3 is 0 Å². The van der Waals surface area contributed by atoms with Gasteiger partial charge in [0.2, 0.25) is 0 Å². The van der Waals surface area contributed by atoms with Crippen LogP contribution in [0.2, 0.25) is 0 Å². The van der Waals surface area contributed by atoms with E-state index < -0.39 is 0 Å². The first-order valence-corrected chi connectivity index (χ1v) is 6.96. The molecule has 0 fully saturated rings. The number of carbonyl (C=O) groups excluding carboxylic acids is 1. The van der Waals surface area contributed by atoms with Gasteiger partial charge < -0.3 is 10.1 Å². The quantitative estimate of drug-likeness (QED) is 0.820. The van der Waals surface area contributed by atoms with Crippen LogP contribution >= 0.6 is 27.3 Å². The van der Waals surface area contributed by atoms with E-state index in [0.717, 1.165) is 16.9 Å². The molecule has 5 heteroatoms. The van der Waals surface area contributed by atoms with Gasteiger partial charge in [-0.2, -0.15) is 0 Å². The van der Waals surface area contributed by atoms with Crippen LogP contribution in [0.3, 0.4) is 0 Å². The molecule has 0 saturated heterocycles. The van der Waals surface area contributed by atoms with E-state index in [1.54, 1.807) is 7.11 Å². The number of methoxy groups -OCH3 is 1. The van der Waals surface area contributed by atoms with Gasteiger partial charge in [0, 0.05) is 13.7 Å². The van der Waals surface area contributed by atoms with Crippen molar-refractivity contribution in [2.75, 3.05) is 20.3 Å². The van der Waals surface area contributed by atoms with Crippen molar-refractivity contribution in [3.63, 3.8) is 0 Å². The number of ether oxygens (including phenoxy) is 1. The second-order valence-corrected chi connectivity index (χ2v) is 5.60. The fourth-order valence-electron chi connectivity index (χ4n) is 1.34. The normalized spacial score (nSPS) is 12.4. The van der Waals surface area contributed by atoms with Gasteiger partial charge in [-0.15, -0.1) is 11.3 Å². The molecule has 16 heavy (non-hydrogen) atoms. The highest BCUT2D eigenvalue weighted by Gasteiger charge is 2.13. The zero-order valence-corrected chi connectivity index (χ0v) is 11.9. The molecule has 0 aliphatic carbocycles. The second-order valence-electron chi connectivity index (χ2n) is 3.39. The van der Waals surface area contributed by atoms with E-state index in [2.05, 4.69) is 28.2 Å². The molecule has 0 bridgehead atoms. The molecule has 0 saturated carbocycles. The van der Waals surface area contributed by atoms with E-state index in [4.69, 9.17) is 4.74 Å². The molecule has 1 amide bonds. The Bertz CT molecular complexity index is 340. The van der Waals surface area contributed by atoms with Crippen molar-refractivity contribution in [1.29, 1.82) is 0 Å². The third-order valence-electron chi connectivity index (χ3n) is 2.17. The Labute approximate surface area is 108 Å². The summed E-state index contributed by atoms with van der Waals surface area (Å²) in [6, 6.07) is 2.00. The summed E-state index contributed by atoms with van der Waals surface area (Å²) in [5, 5.41) is 4.84. The number of alkyl halides is 1. The Kier molecular flexibility index (Phi) is 6.01. The molecule has 0 radical (unpaired) electrons. The molecule has 1 aromatic heterocycles. The zero-order chi connectivity index (χ0) is 12.0. The number of rotatable bonds is 6. The van der Waals surface area contributed by atoms with Crippen molar-refractivity contribution in [1.82, 2.24) is 5.32 Å². The van der Waals surface area contributed by atoms with Crippen molar-refractivity contribution < 1.29 is 9.53 Å². The summed E-state index contributed by atoms with van der Waals surface area (Å²) in [5.74, 6) is 0.00685. The second kappa shape index (κ2) is 7.04. The lowest BCUT2D eigenvalue weighted by Crippen LogP contribution is -2.31. The fourth-order valence-corrected chi connectivity index (χ4v) is 2.67. The maximum atomic E-state index is 11.8. The largest absolute Gasteiger partial charge is 0.383 e. The van der Waals surface area contributed by atoms with E-state index in [1.165, 1.54) is 11.3 Å². The Morgan fingerprint density at radius 1 is 1.69 bits per heavy atom. The van der Waals surface area contributed by atoms with Crippen LogP contribution in [0.1, 0.15) is 22.2 Å². The molecular weight excluding hydrogens is 290 g/mol. The fraction of sp³-hybridized carbons (Fsp3) is 0.545. The van der Waals surface area contributed by atoms with E-state index >= 15 is 0 Å². The highest BCUT2D eigenvalue weighted by Crippen LogP contribution is 2.17. The molecular formula is C11H16BrNO2S. The van der Waals surface area contributed by atoms with Crippen molar-refractivity contribution >= 4 is 33.2 Å². The van der Waals surface area contributed by atoms with Gasteiger partial charge in [-0.25, -0.2) is 0 Å². The summed E-state index contributed by atoms with van der Waals surface area (Å²) in [5.41, 5.74) is 1.11. The van der Waals surface area contributed by atoms with Crippen LogP contribution in [0.4, 0.5) is 0 Å². The van der Waals surface area contributed by atoms with Crippen molar-refractivity contribution in [3.8, 4) is 0 Å². The predicted octanol–water partition coefficient (Wildman–Crippen LogP) is 2.45. The molecule has 0 aromatic carbocycles. The van der Waals surface area contributed by atoms with E-state index in [9.17, 15) is 4.79 Å². The molecule has 3 nitrogen and oxygen atoms in total. The monoisotopic (exact) mass is 305 g/mol. The van der Waals surface area contributed by atoms with Crippen molar-refractivity contribution in [2.24, 2.45) is 0 Å². The topological polar surface area (TPSA) is 38.3 Å². The number of amides is 1. The Morgan fingerprint density at radius 3 is 3.06 bits per heavy atom. The molecule has 1 aromatic rings. The number of hydrogen-bond acceptors (Lipinski definition) is 3. The minimum Gasteiger partial charge on any atom is -0.383 e. The smallest absolute Gasteiger partial charge is 0.261 e. The highest BCUT2D eigenvalue weighted by molar-refractivity contribution is 9.09. The third-order valence-corrected chi connectivity index (χ3v) is 3.71. The minimum absolute atomic E-state index is 0.00685. The summed E-state index contributed by atoms with van der Waals surface area (Å²) in [6.45, 7) is 3.22. The first-order valence-electron chi connectivity index (χ1n) is 5.16. The summed E-state index contributed by atoms with van der Waals surface area (Å²) >= 11 is 4.92. The first-order chi connectivity index (χ1) is 7.69. The van der Waals surface area contributed by atoms with Crippen LogP contribution < -0.4 is 5.32 Å². The lowest BCUT2D eigenvalue weighted by Gasteiger charge is -2.10. The molecule has 1 unspecified atom stereocenters. The number of halogens is 1. The average molecular weight is 306 g/mol. The van der Waals surface area contributed by atoms with E-state index in [0.29, 0.717) is 13.2 Å². The molecule has 1 heterocycles. The van der Waals surface area contributed by atoms with Gasteiger partial charge in [0.05, 0.1) is 16.3 Å². The van der Waals surface area contributed by atoms with Crippen molar-refractivity contribution in [2.45, 2.75) is 18.2 Å². The van der Waals surface area contributed by atoms with Crippen LogP contribution in [0.25, 0.3) is 0 Å². The van der Waals surface area contributed by atoms with Gasteiger partial charge in [-0.05, 0) is 23.4 Å². The lowest BCUT2D eigenvalue weighted by molar-refractivity contribution is 0.0953. The summed E-state index contributed by atoms with van der Waals surface area (Å²) in [6.07, 6.45) is 0.891. The van der Waals surface area contributed by atoms with Gasteiger partial charge in [0.1, 0.15) is 0 Å². The SMILES string of the molecule is CCc1ccsc1C(=O)NCC(Br)COC. The third kappa shape index (κ3) is 3.88. The van der Waals surface area contributed by atoms with Crippen molar-refractivity contribution in [3.05, 3.63) is 21.9 Å². The van der Waals surface area contributed by atoms with Gasteiger partial charge in [0.15, 0.2) is 0 Å². The van der Waals surface area contributed by atoms with Gasteiger partial charge in [0.25, 0.3) is 5.91 Å². The maximum Gasteiger partial charge on any atom is 0.261 e. The van der Waals surface area contributed by atoms with Crippen LogP contribution in [-0.2, 0) is 11.2 Å². The Balaban J connectivity index is 2.46. The average Bonchev–Trinajstić information content (AvgIpc) is 2.74. The number of nitrogens with one attached hydrogen (secondary N) is 1. The van der Waals surface area contributed by atoms with Crippen LogP contribution in [0.15, 0.2) is 11.4 Å². The van der Waals surface area contributed by atoms with Crippen LogP contribution in [0.5, 0.6) is 0 Å². The van der Waals surface area contributed by atoms with Crippen LogP contribution in [0, 0.1) is 0 Å². The summed E-state index contributed by atoms with van der Waals surface area (Å²) in [7, 11) is 1.64. The first kappa shape index (κ1) is 13.7. The van der Waals surface area contributed by atoms with Gasteiger partial charge in [-0.1, -0.05) is 22.9 Å². The molecule has 1 rings (SSSR count).